The SMILES string of the molecule is CC(N)N(C(C)O)S(N)(=O)=O. The zero-order valence-electron chi connectivity index (χ0n) is 6.43. The molecule has 0 saturated carbocycles. The van der Waals surface area contributed by atoms with Gasteiger partial charge in [0.05, 0.1) is 6.17 Å². The number of nitrogens with zero attached hydrogens (tertiary/aromatic N) is 1. The first-order valence-corrected chi connectivity index (χ1v) is 4.52. The molecule has 0 aliphatic rings. The average Bonchev–Trinajstić information content (AvgIpc) is 1.54. The van der Waals surface area contributed by atoms with Crippen LogP contribution in [0.1, 0.15) is 13.8 Å². The third-order valence-electron chi connectivity index (χ3n) is 1.06. The smallest absolute Gasteiger partial charge is 0.280 e. The molecule has 5 N–H and O–H groups in total. The third kappa shape index (κ3) is 3.12. The standard InChI is InChI=1S/C4H13N3O3S/c1-3(5)7(4(2)8)11(6,9)10/h3-4,8H,5H2,1-2H3,(H2,6,9,10). The zero-order chi connectivity index (χ0) is 9.23. The first-order chi connectivity index (χ1) is 4.76. The molecule has 0 heterocycles. The van der Waals surface area contributed by atoms with Crippen LogP contribution in [-0.2, 0) is 10.2 Å². The van der Waals surface area contributed by atoms with E-state index in [4.69, 9.17) is 16.0 Å². The van der Waals surface area contributed by atoms with Gasteiger partial charge in [-0.05, 0) is 13.8 Å². The van der Waals surface area contributed by atoms with Crippen molar-refractivity contribution < 1.29 is 13.5 Å². The Morgan fingerprint density at radius 2 is 1.82 bits per heavy atom. The Morgan fingerprint density at radius 1 is 1.45 bits per heavy atom. The van der Waals surface area contributed by atoms with Crippen molar-refractivity contribution in [3.63, 3.8) is 0 Å². The maximum Gasteiger partial charge on any atom is 0.280 e. The highest BCUT2D eigenvalue weighted by molar-refractivity contribution is 7.86. The van der Waals surface area contributed by atoms with Gasteiger partial charge in [0.2, 0.25) is 0 Å². The van der Waals surface area contributed by atoms with Crippen molar-refractivity contribution in [2.45, 2.75) is 26.2 Å². The van der Waals surface area contributed by atoms with Crippen LogP contribution in [0.4, 0.5) is 0 Å². The minimum atomic E-state index is -3.91. The van der Waals surface area contributed by atoms with Gasteiger partial charge < -0.3 is 10.8 Å². The number of aliphatic hydroxyl groups is 1. The molecule has 7 heteroatoms. The normalized spacial score (nSPS) is 18.4. The molecular formula is C4H13N3O3S. The molecule has 0 bridgehead atoms. The van der Waals surface area contributed by atoms with E-state index >= 15 is 0 Å². The Kier molecular flexibility index (Phi) is 3.39. The average molecular weight is 183 g/mol. The van der Waals surface area contributed by atoms with Gasteiger partial charge in [0.1, 0.15) is 6.23 Å². The highest BCUT2D eigenvalue weighted by Gasteiger charge is 2.25. The maximum atomic E-state index is 10.7. The second-order valence-electron chi connectivity index (χ2n) is 2.25. The van der Waals surface area contributed by atoms with Crippen molar-refractivity contribution in [3.05, 3.63) is 0 Å². The number of aliphatic hydroxyl groups excluding tert-OH is 1. The number of nitrogens with two attached hydrogens (primary N) is 2. The monoisotopic (exact) mass is 183 g/mol. The van der Waals surface area contributed by atoms with Gasteiger partial charge in [-0.2, -0.15) is 8.42 Å². The van der Waals surface area contributed by atoms with Crippen molar-refractivity contribution >= 4 is 10.2 Å². The van der Waals surface area contributed by atoms with Crippen molar-refractivity contribution in [2.75, 3.05) is 0 Å². The molecule has 0 rings (SSSR count). The van der Waals surface area contributed by atoms with E-state index in [-0.39, 0.29) is 0 Å². The van der Waals surface area contributed by atoms with Crippen molar-refractivity contribution in [2.24, 2.45) is 10.9 Å². The summed E-state index contributed by atoms with van der Waals surface area (Å²) in [6, 6.07) is 0. The summed E-state index contributed by atoms with van der Waals surface area (Å²) in [5, 5.41) is 13.6. The van der Waals surface area contributed by atoms with Crippen LogP contribution in [0.2, 0.25) is 0 Å². The Morgan fingerprint density at radius 3 is 1.82 bits per heavy atom. The molecule has 6 nitrogen and oxygen atoms in total. The van der Waals surface area contributed by atoms with E-state index in [0.717, 1.165) is 0 Å². The summed E-state index contributed by atoms with van der Waals surface area (Å²) >= 11 is 0. The van der Waals surface area contributed by atoms with E-state index in [1.54, 1.807) is 0 Å². The van der Waals surface area contributed by atoms with E-state index in [0.29, 0.717) is 4.31 Å². The molecule has 2 atom stereocenters. The fourth-order valence-corrected chi connectivity index (χ4v) is 1.67. The summed E-state index contributed by atoms with van der Waals surface area (Å²) in [6.07, 6.45) is -2.03. The van der Waals surface area contributed by atoms with E-state index in [2.05, 4.69) is 0 Å². The first-order valence-electron chi connectivity index (χ1n) is 3.01. The predicted molar refractivity (Wildman–Crippen MR) is 40.3 cm³/mol. The lowest BCUT2D eigenvalue weighted by molar-refractivity contribution is 0.0599. The molecule has 0 aliphatic heterocycles. The number of hydrogen-bond donors (Lipinski definition) is 3. The largest absolute Gasteiger partial charge is 0.378 e. The van der Waals surface area contributed by atoms with E-state index in [1.807, 2.05) is 0 Å². The molecule has 0 aliphatic carbocycles. The molecule has 0 aromatic rings. The number of hydrogen-bond acceptors (Lipinski definition) is 4. The third-order valence-corrected chi connectivity index (χ3v) is 2.29. The van der Waals surface area contributed by atoms with Crippen LogP contribution >= 0.6 is 0 Å². The molecule has 0 aromatic carbocycles. The zero-order valence-corrected chi connectivity index (χ0v) is 7.25. The second kappa shape index (κ2) is 3.46. The van der Waals surface area contributed by atoms with Crippen LogP contribution in [0.3, 0.4) is 0 Å². The molecule has 0 amide bonds. The van der Waals surface area contributed by atoms with Gasteiger partial charge in [-0.1, -0.05) is 0 Å². The Labute approximate surface area is 66.0 Å². The maximum absolute atomic E-state index is 10.7. The fourth-order valence-electron chi connectivity index (χ4n) is 0.785. The summed E-state index contributed by atoms with van der Waals surface area (Å²) in [5.74, 6) is 0. The number of rotatable bonds is 3. The Bertz CT molecular complexity index is 203. The Balaban J connectivity index is 4.64. The van der Waals surface area contributed by atoms with Crippen LogP contribution in [0.5, 0.6) is 0 Å². The molecule has 0 spiro atoms. The van der Waals surface area contributed by atoms with E-state index < -0.39 is 22.6 Å². The summed E-state index contributed by atoms with van der Waals surface area (Å²) < 4.78 is 22.0. The lowest BCUT2D eigenvalue weighted by Crippen LogP contribution is -2.51. The minimum absolute atomic E-state index is 0.604. The molecule has 0 saturated heterocycles. The van der Waals surface area contributed by atoms with Crippen molar-refractivity contribution in [1.82, 2.24) is 4.31 Å². The molecule has 68 valence electrons. The van der Waals surface area contributed by atoms with Crippen LogP contribution in [-0.4, -0.2) is 30.2 Å². The van der Waals surface area contributed by atoms with Gasteiger partial charge in [-0.15, -0.1) is 4.31 Å². The molecule has 0 radical (unpaired) electrons. The van der Waals surface area contributed by atoms with E-state index in [9.17, 15) is 8.42 Å². The van der Waals surface area contributed by atoms with Crippen LogP contribution in [0.25, 0.3) is 0 Å². The van der Waals surface area contributed by atoms with E-state index in [1.165, 1.54) is 13.8 Å². The van der Waals surface area contributed by atoms with Crippen LogP contribution in [0, 0.1) is 0 Å². The van der Waals surface area contributed by atoms with Gasteiger partial charge in [0.25, 0.3) is 10.2 Å². The molecule has 11 heavy (non-hydrogen) atoms. The minimum Gasteiger partial charge on any atom is -0.378 e. The van der Waals surface area contributed by atoms with Crippen LogP contribution < -0.4 is 10.9 Å². The van der Waals surface area contributed by atoms with Gasteiger partial charge in [-0.3, -0.25) is 0 Å². The molecular weight excluding hydrogens is 170 g/mol. The van der Waals surface area contributed by atoms with Crippen LogP contribution in [0.15, 0.2) is 0 Å². The topological polar surface area (TPSA) is 110 Å². The molecule has 2 unspecified atom stereocenters. The van der Waals surface area contributed by atoms with Crippen molar-refractivity contribution in [1.29, 1.82) is 0 Å². The highest BCUT2D eigenvalue weighted by Crippen LogP contribution is 2.02. The Hall–Kier alpha value is -0.210. The second-order valence-corrected chi connectivity index (χ2v) is 3.70. The highest BCUT2D eigenvalue weighted by atomic mass is 32.2. The predicted octanol–water partition coefficient (Wildman–Crippen LogP) is -1.87. The van der Waals surface area contributed by atoms with Gasteiger partial charge in [-0.25, -0.2) is 5.14 Å². The summed E-state index contributed by atoms with van der Waals surface area (Å²) in [7, 11) is -3.91. The lowest BCUT2D eigenvalue weighted by atomic mass is 10.5. The van der Waals surface area contributed by atoms with Crippen molar-refractivity contribution in [3.8, 4) is 0 Å². The quantitative estimate of drug-likeness (QED) is 0.445. The van der Waals surface area contributed by atoms with Gasteiger partial charge in [0.15, 0.2) is 0 Å². The van der Waals surface area contributed by atoms with Gasteiger partial charge in [0, 0.05) is 0 Å². The lowest BCUT2D eigenvalue weighted by Gasteiger charge is -2.25. The fraction of sp³-hybridized carbons (Fsp3) is 1.00. The molecule has 0 aromatic heterocycles. The summed E-state index contributed by atoms with van der Waals surface area (Å²) in [4.78, 5) is 0. The summed E-state index contributed by atoms with van der Waals surface area (Å²) in [6.45, 7) is 2.69. The summed E-state index contributed by atoms with van der Waals surface area (Å²) in [5.41, 5.74) is 5.23. The first kappa shape index (κ1) is 10.8. The van der Waals surface area contributed by atoms with Gasteiger partial charge >= 0.3 is 0 Å². The molecule has 0 fully saturated rings.